The van der Waals surface area contributed by atoms with Gasteiger partial charge in [0.15, 0.2) is 0 Å². The second-order valence-corrected chi connectivity index (χ2v) is 7.19. The minimum atomic E-state index is -0.0920. The van der Waals surface area contributed by atoms with Crippen molar-refractivity contribution in [2.24, 2.45) is 0 Å². The lowest BCUT2D eigenvalue weighted by molar-refractivity contribution is 0.0944. The largest absolute Gasteiger partial charge is 0.497 e. The van der Waals surface area contributed by atoms with E-state index >= 15 is 0 Å². The zero-order chi connectivity index (χ0) is 18.1. The number of hydrogen-bond acceptors (Lipinski definition) is 4. The molecule has 0 radical (unpaired) electrons. The maximum absolute atomic E-state index is 12.7. The number of nitrogens with one attached hydrogen (secondary N) is 1. The molecular formula is C21H18N2O2S. The first kappa shape index (κ1) is 16.5. The first-order valence-corrected chi connectivity index (χ1v) is 9.20. The van der Waals surface area contributed by atoms with E-state index in [0.717, 1.165) is 32.4 Å². The van der Waals surface area contributed by atoms with E-state index in [4.69, 9.17) is 4.74 Å². The number of nitrogens with zero attached hydrogens (tertiary/aromatic N) is 1. The molecule has 0 aliphatic carbocycles. The Morgan fingerprint density at radius 2 is 1.85 bits per heavy atom. The number of methoxy groups -OCH3 is 1. The Morgan fingerprint density at radius 3 is 2.62 bits per heavy atom. The summed E-state index contributed by atoms with van der Waals surface area (Å²) in [5.74, 6) is 0.718. The predicted octanol–water partition coefficient (Wildman–Crippen LogP) is 4.95. The van der Waals surface area contributed by atoms with Crippen molar-refractivity contribution in [3.63, 3.8) is 0 Å². The van der Waals surface area contributed by atoms with Crippen LogP contribution in [-0.2, 0) is 0 Å². The number of ether oxygens (including phenoxy) is 1. The summed E-state index contributed by atoms with van der Waals surface area (Å²) in [6.07, 6.45) is 0. The number of carbonyl (C=O) groups excluding carboxylic acids is 1. The van der Waals surface area contributed by atoms with Crippen LogP contribution >= 0.6 is 11.3 Å². The number of fused-ring (bicyclic) bond motifs is 2. The van der Waals surface area contributed by atoms with Crippen LogP contribution in [0.5, 0.6) is 5.75 Å². The zero-order valence-electron chi connectivity index (χ0n) is 14.5. The van der Waals surface area contributed by atoms with Gasteiger partial charge in [0.1, 0.15) is 10.6 Å². The topological polar surface area (TPSA) is 51.2 Å². The molecule has 0 fully saturated rings. The van der Waals surface area contributed by atoms with E-state index < -0.39 is 0 Å². The van der Waals surface area contributed by atoms with Crippen LogP contribution in [0.3, 0.4) is 0 Å². The molecule has 0 aliphatic rings. The van der Waals surface area contributed by atoms with Gasteiger partial charge in [0.05, 0.1) is 23.5 Å². The Morgan fingerprint density at radius 1 is 1.08 bits per heavy atom. The molecule has 2 aromatic carbocycles. The molecule has 0 bridgehead atoms. The van der Waals surface area contributed by atoms with Gasteiger partial charge in [0.25, 0.3) is 5.91 Å². The summed E-state index contributed by atoms with van der Waals surface area (Å²) in [7, 11) is 1.64. The van der Waals surface area contributed by atoms with Crippen LogP contribution in [0.25, 0.3) is 21.1 Å². The maximum atomic E-state index is 12.7. The van der Waals surface area contributed by atoms with Crippen LogP contribution in [0.2, 0.25) is 0 Å². The molecular weight excluding hydrogens is 344 g/mol. The molecule has 1 N–H and O–H groups in total. The molecule has 1 unspecified atom stereocenters. The first-order valence-electron chi connectivity index (χ1n) is 8.38. The summed E-state index contributed by atoms with van der Waals surface area (Å²) >= 11 is 1.42. The third-order valence-electron chi connectivity index (χ3n) is 4.40. The van der Waals surface area contributed by atoms with E-state index in [1.54, 1.807) is 7.11 Å². The van der Waals surface area contributed by atoms with Gasteiger partial charge >= 0.3 is 0 Å². The quantitative estimate of drug-likeness (QED) is 0.559. The molecule has 0 saturated carbocycles. The van der Waals surface area contributed by atoms with Gasteiger partial charge in [-0.15, -0.1) is 11.3 Å². The first-order chi connectivity index (χ1) is 12.6. The summed E-state index contributed by atoms with van der Waals surface area (Å²) in [6, 6.07) is 19.6. The summed E-state index contributed by atoms with van der Waals surface area (Å²) < 4.78 is 5.17. The highest BCUT2D eigenvalue weighted by atomic mass is 32.1. The lowest BCUT2D eigenvalue weighted by atomic mass is 10.1. The second-order valence-electron chi connectivity index (χ2n) is 6.15. The third-order valence-corrected chi connectivity index (χ3v) is 5.44. The number of carbonyl (C=O) groups is 1. The van der Waals surface area contributed by atoms with Crippen molar-refractivity contribution < 1.29 is 9.53 Å². The second kappa shape index (κ2) is 6.77. The minimum Gasteiger partial charge on any atom is -0.497 e. The van der Waals surface area contributed by atoms with E-state index in [1.165, 1.54) is 11.3 Å². The van der Waals surface area contributed by atoms with Crippen molar-refractivity contribution in [3.8, 4) is 5.75 Å². The lowest BCUT2D eigenvalue weighted by Gasteiger charge is -2.14. The average molecular weight is 362 g/mol. The monoisotopic (exact) mass is 362 g/mol. The standard InChI is InChI=1S/C21H18N2O2S/c1-13(14-7-9-17(25-2)10-8-14)22-20(24)19-12-16-11-15-5-3-4-6-18(15)23-21(16)26-19/h3-13H,1-2H3,(H,22,24). The molecule has 4 aromatic rings. The Labute approximate surface area is 155 Å². The molecule has 5 heteroatoms. The van der Waals surface area contributed by atoms with Crippen molar-refractivity contribution in [1.29, 1.82) is 0 Å². The summed E-state index contributed by atoms with van der Waals surface area (Å²) in [4.78, 5) is 18.9. The molecule has 1 amide bonds. The number of hydrogen-bond donors (Lipinski definition) is 1. The molecule has 2 aromatic heterocycles. The fraction of sp³-hybridized carbons (Fsp3) is 0.143. The van der Waals surface area contributed by atoms with Gasteiger partial charge in [-0.1, -0.05) is 30.3 Å². The highest BCUT2D eigenvalue weighted by molar-refractivity contribution is 7.20. The molecule has 2 heterocycles. The third kappa shape index (κ3) is 3.13. The van der Waals surface area contributed by atoms with Gasteiger partial charge in [0, 0.05) is 10.8 Å². The molecule has 4 nitrogen and oxygen atoms in total. The highest BCUT2D eigenvalue weighted by Gasteiger charge is 2.15. The number of para-hydroxylation sites is 1. The minimum absolute atomic E-state index is 0.0830. The lowest BCUT2D eigenvalue weighted by Crippen LogP contribution is -2.25. The van der Waals surface area contributed by atoms with E-state index in [9.17, 15) is 4.79 Å². The SMILES string of the molecule is COc1ccc(C(C)NC(=O)c2cc3cc4ccccc4nc3s2)cc1. The van der Waals surface area contributed by atoms with Crippen LogP contribution in [0.4, 0.5) is 0 Å². The number of pyridine rings is 1. The number of thiophene rings is 1. The van der Waals surface area contributed by atoms with E-state index in [2.05, 4.69) is 16.4 Å². The Bertz CT molecular complexity index is 1030. The van der Waals surface area contributed by atoms with Crippen molar-refractivity contribution in [2.75, 3.05) is 7.11 Å². The van der Waals surface area contributed by atoms with Gasteiger partial charge in [0.2, 0.25) is 0 Å². The average Bonchev–Trinajstić information content (AvgIpc) is 3.09. The van der Waals surface area contributed by atoms with Crippen molar-refractivity contribution in [3.05, 3.63) is 71.1 Å². The molecule has 1 atom stereocenters. The maximum Gasteiger partial charge on any atom is 0.261 e. The van der Waals surface area contributed by atoms with E-state index in [1.807, 2.05) is 61.5 Å². The summed E-state index contributed by atoms with van der Waals surface area (Å²) in [5, 5.41) is 5.13. The van der Waals surface area contributed by atoms with Gasteiger partial charge in [-0.2, -0.15) is 0 Å². The van der Waals surface area contributed by atoms with Crippen LogP contribution in [0.1, 0.15) is 28.2 Å². The van der Waals surface area contributed by atoms with Crippen LogP contribution in [-0.4, -0.2) is 18.0 Å². The van der Waals surface area contributed by atoms with Crippen molar-refractivity contribution >= 4 is 38.4 Å². The molecule has 130 valence electrons. The number of benzene rings is 2. The smallest absolute Gasteiger partial charge is 0.261 e. The van der Waals surface area contributed by atoms with E-state index in [-0.39, 0.29) is 11.9 Å². The molecule has 0 aliphatic heterocycles. The van der Waals surface area contributed by atoms with Gasteiger partial charge in [-0.3, -0.25) is 4.79 Å². The summed E-state index contributed by atoms with van der Waals surface area (Å²) in [5.41, 5.74) is 1.98. The fourth-order valence-corrected chi connectivity index (χ4v) is 3.86. The number of rotatable bonds is 4. The molecule has 0 spiro atoms. The Hall–Kier alpha value is -2.92. The predicted molar refractivity (Wildman–Crippen MR) is 106 cm³/mol. The van der Waals surface area contributed by atoms with Gasteiger partial charge in [-0.25, -0.2) is 4.98 Å². The zero-order valence-corrected chi connectivity index (χ0v) is 15.3. The number of aromatic nitrogens is 1. The van der Waals surface area contributed by atoms with Gasteiger partial charge in [-0.05, 0) is 42.8 Å². The van der Waals surface area contributed by atoms with Crippen LogP contribution in [0.15, 0.2) is 60.7 Å². The number of amides is 1. The van der Waals surface area contributed by atoms with Crippen molar-refractivity contribution in [1.82, 2.24) is 10.3 Å². The normalized spacial score (nSPS) is 12.2. The highest BCUT2D eigenvalue weighted by Crippen LogP contribution is 2.28. The Balaban J connectivity index is 1.57. The van der Waals surface area contributed by atoms with Crippen molar-refractivity contribution in [2.45, 2.75) is 13.0 Å². The Kier molecular flexibility index (Phi) is 4.31. The van der Waals surface area contributed by atoms with Gasteiger partial charge < -0.3 is 10.1 Å². The summed E-state index contributed by atoms with van der Waals surface area (Å²) in [6.45, 7) is 1.97. The molecule has 0 saturated heterocycles. The van der Waals surface area contributed by atoms with Crippen LogP contribution in [0, 0.1) is 0 Å². The van der Waals surface area contributed by atoms with E-state index in [0.29, 0.717) is 4.88 Å². The molecule has 4 rings (SSSR count). The van der Waals surface area contributed by atoms with Crippen LogP contribution < -0.4 is 10.1 Å². The fourth-order valence-electron chi connectivity index (χ4n) is 2.93. The molecule has 26 heavy (non-hydrogen) atoms.